The second-order valence-electron chi connectivity index (χ2n) is 3.83. The van der Waals surface area contributed by atoms with Crippen molar-refractivity contribution in [1.82, 2.24) is 0 Å². The number of halogens is 6. The topological polar surface area (TPSA) is 0 Å². The molecule has 0 heterocycles. The van der Waals surface area contributed by atoms with E-state index < -0.39 is 28.1 Å². The van der Waals surface area contributed by atoms with Gasteiger partial charge in [-0.15, -0.1) is 0 Å². The zero-order valence-electron chi connectivity index (χ0n) is 9.23. The van der Waals surface area contributed by atoms with Crippen LogP contribution in [0.25, 0.3) is 0 Å². The Hall–Kier alpha value is -0.880. The van der Waals surface area contributed by atoms with Crippen molar-refractivity contribution in [3.05, 3.63) is 69.2 Å². The zero-order chi connectivity index (χ0) is 14.2. The molecule has 1 atom stereocenters. The summed E-state index contributed by atoms with van der Waals surface area (Å²) >= 11 is 6.27. The first-order chi connectivity index (χ1) is 8.90. The smallest absolute Gasteiger partial charge is 0.194 e. The minimum Gasteiger partial charge on any atom is -0.206 e. The van der Waals surface area contributed by atoms with Gasteiger partial charge in [-0.1, -0.05) is 22.0 Å². The standard InChI is InChI=1S/C13H6Br2F4/c14-8-3-6(1-2-9(8)16)12(15)7-4-10(17)13(19)11(18)5-7/h1-5,12H. The lowest BCUT2D eigenvalue weighted by Crippen LogP contribution is -1.99. The van der Waals surface area contributed by atoms with Crippen LogP contribution in [-0.4, -0.2) is 0 Å². The third kappa shape index (κ3) is 3.00. The van der Waals surface area contributed by atoms with Crippen LogP contribution >= 0.6 is 31.9 Å². The Kier molecular flexibility index (Phi) is 4.30. The molecule has 0 spiro atoms. The Labute approximate surface area is 123 Å². The summed E-state index contributed by atoms with van der Waals surface area (Å²) in [7, 11) is 0. The van der Waals surface area contributed by atoms with Crippen molar-refractivity contribution in [2.75, 3.05) is 0 Å². The second kappa shape index (κ2) is 5.63. The van der Waals surface area contributed by atoms with Gasteiger partial charge in [0.05, 0.1) is 9.30 Å². The predicted molar refractivity (Wildman–Crippen MR) is 71.2 cm³/mol. The SMILES string of the molecule is Fc1ccc(C(Br)c2cc(F)c(F)c(F)c2)cc1Br. The maximum atomic E-state index is 13.2. The molecule has 2 aromatic rings. The van der Waals surface area contributed by atoms with E-state index >= 15 is 0 Å². The molecular weight excluding hydrogens is 392 g/mol. The van der Waals surface area contributed by atoms with Gasteiger partial charge in [-0.2, -0.15) is 0 Å². The van der Waals surface area contributed by atoms with Crippen LogP contribution in [0.15, 0.2) is 34.8 Å². The second-order valence-corrected chi connectivity index (χ2v) is 5.60. The van der Waals surface area contributed by atoms with Gasteiger partial charge in [0.15, 0.2) is 17.5 Å². The summed E-state index contributed by atoms with van der Waals surface area (Å²) in [6, 6.07) is 5.97. The molecule has 0 amide bonds. The van der Waals surface area contributed by atoms with E-state index in [9.17, 15) is 17.6 Å². The maximum Gasteiger partial charge on any atom is 0.194 e. The molecule has 0 radical (unpaired) electrons. The average molecular weight is 398 g/mol. The lowest BCUT2D eigenvalue weighted by molar-refractivity contribution is 0.445. The van der Waals surface area contributed by atoms with Gasteiger partial charge in [-0.25, -0.2) is 17.6 Å². The molecule has 0 saturated carbocycles. The summed E-state index contributed by atoms with van der Waals surface area (Å²) in [4.78, 5) is -0.575. The molecule has 6 heteroatoms. The van der Waals surface area contributed by atoms with Crippen molar-refractivity contribution in [2.45, 2.75) is 4.83 Å². The van der Waals surface area contributed by atoms with E-state index in [1.54, 1.807) is 0 Å². The van der Waals surface area contributed by atoms with E-state index in [-0.39, 0.29) is 10.0 Å². The molecule has 0 aliphatic carbocycles. The van der Waals surface area contributed by atoms with Crippen molar-refractivity contribution < 1.29 is 17.6 Å². The summed E-state index contributed by atoms with van der Waals surface area (Å²) in [5.41, 5.74) is 0.786. The molecule has 0 nitrogen and oxygen atoms in total. The van der Waals surface area contributed by atoms with Gasteiger partial charge in [-0.05, 0) is 51.3 Å². The number of hydrogen-bond donors (Lipinski definition) is 0. The van der Waals surface area contributed by atoms with Crippen LogP contribution in [0.4, 0.5) is 17.6 Å². The van der Waals surface area contributed by atoms with Crippen molar-refractivity contribution in [3.8, 4) is 0 Å². The fourth-order valence-corrected chi connectivity index (χ4v) is 2.53. The minimum absolute atomic E-state index is 0.204. The number of hydrogen-bond acceptors (Lipinski definition) is 0. The van der Waals surface area contributed by atoms with Crippen LogP contribution in [0.1, 0.15) is 16.0 Å². The molecule has 0 aliphatic rings. The Bertz CT molecular complexity index is 605. The molecule has 0 bridgehead atoms. The Morgan fingerprint density at radius 2 is 1.37 bits per heavy atom. The van der Waals surface area contributed by atoms with Crippen molar-refractivity contribution in [3.63, 3.8) is 0 Å². The maximum absolute atomic E-state index is 13.2. The van der Waals surface area contributed by atoms with E-state index in [1.807, 2.05) is 0 Å². The van der Waals surface area contributed by atoms with E-state index in [0.29, 0.717) is 5.56 Å². The first-order valence-electron chi connectivity index (χ1n) is 5.13. The molecule has 0 aliphatic heterocycles. The van der Waals surface area contributed by atoms with Gasteiger partial charge in [0, 0.05) is 0 Å². The fraction of sp³-hybridized carbons (Fsp3) is 0.0769. The summed E-state index contributed by atoms with van der Waals surface area (Å²) in [6.07, 6.45) is 0. The first-order valence-corrected chi connectivity index (χ1v) is 6.84. The van der Waals surface area contributed by atoms with E-state index in [2.05, 4.69) is 31.9 Å². The van der Waals surface area contributed by atoms with Gasteiger partial charge in [0.2, 0.25) is 0 Å². The van der Waals surface area contributed by atoms with Crippen LogP contribution in [0.2, 0.25) is 0 Å². The normalized spacial score (nSPS) is 12.5. The largest absolute Gasteiger partial charge is 0.206 e. The molecule has 0 saturated heterocycles. The first kappa shape index (κ1) is 14.5. The van der Waals surface area contributed by atoms with Gasteiger partial charge in [0.25, 0.3) is 0 Å². The Morgan fingerprint density at radius 3 is 1.89 bits per heavy atom. The number of rotatable bonds is 2. The summed E-state index contributed by atoms with van der Waals surface area (Å²) < 4.78 is 52.5. The molecule has 19 heavy (non-hydrogen) atoms. The van der Waals surface area contributed by atoms with Gasteiger partial charge >= 0.3 is 0 Å². The highest BCUT2D eigenvalue weighted by Crippen LogP contribution is 2.34. The molecule has 0 N–H and O–H groups in total. The van der Waals surface area contributed by atoms with Gasteiger partial charge in [0.1, 0.15) is 5.82 Å². The van der Waals surface area contributed by atoms with E-state index in [4.69, 9.17) is 0 Å². The highest BCUT2D eigenvalue weighted by molar-refractivity contribution is 9.10. The van der Waals surface area contributed by atoms with E-state index in [0.717, 1.165) is 12.1 Å². The predicted octanol–water partition coefficient (Wildman–Crippen LogP) is 5.49. The lowest BCUT2D eigenvalue weighted by Gasteiger charge is -2.12. The van der Waals surface area contributed by atoms with Crippen LogP contribution < -0.4 is 0 Å². The summed E-state index contributed by atoms with van der Waals surface area (Å²) in [5, 5.41) is 0. The van der Waals surface area contributed by atoms with Crippen molar-refractivity contribution in [2.24, 2.45) is 0 Å². The number of alkyl halides is 1. The third-order valence-electron chi connectivity index (χ3n) is 2.54. The van der Waals surface area contributed by atoms with Crippen LogP contribution in [-0.2, 0) is 0 Å². The average Bonchev–Trinajstić information content (AvgIpc) is 2.37. The minimum atomic E-state index is -1.51. The van der Waals surface area contributed by atoms with Crippen LogP contribution in [0.5, 0.6) is 0 Å². The zero-order valence-corrected chi connectivity index (χ0v) is 12.4. The summed E-state index contributed by atoms with van der Waals surface area (Å²) in [5.74, 6) is -4.48. The fourth-order valence-electron chi connectivity index (χ4n) is 1.58. The lowest BCUT2D eigenvalue weighted by atomic mass is 10.0. The molecule has 2 aromatic carbocycles. The monoisotopic (exact) mass is 396 g/mol. The molecular formula is C13H6Br2F4. The van der Waals surface area contributed by atoms with Crippen LogP contribution in [0.3, 0.4) is 0 Å². The Balaban J connectivity index is 2.43. The van der Waals surface area contributed by atoms with Crippen molar-refractivity contribution >= 4 is 31.9 Å². The molecule has 0 aromatic heterocycles. The molecule has 2 rings (SSSR count). The van der Waals surface area contributed by atoms with E-state index in [1.165, 1.54) is 18.2 Å². The van der Waals surface area contributed by atoms with Gasteiger partial charge < -0.3 is 0 Å². The van der Waals surface area contributed by atoms with Crippen molar-refractivity contribution in [1.29, 1.82) is 0 Å². The quantitative estimate of drug-likeness (QED) is 0.357. The molecule has 100 valence electrons. The highest BCUT2D eigenvalue weighted by atomic mass is 79.9. The van der Waals surface area contributed by atoms with Gasteiger partial charge in [-0.3, -0.25) is 0 Å². The van der Waals surface area contributed by atoms with Crippen LogP contribution in [0, 0.1) is 23.3 Å². The molecule has 0 fully saturated rings. The number of benzene rings is 2. The summed E-state index contributed by atoms with van der Waals surface area (Å²) in [6.45, 7) is 0. The third-order valence-corrected chi connectivity index (χ3v) is 4.20. The highest BCUT2D eigenvalue weighted by Gasteiger charge is 2.17. The Morgan fingerprint density at radius 1 is 0.789 bits per heavy atom. The molecule has 1 unspecified atom stereocenters.